The monoisotopic (exact) mass is 315 g/mol. The largest absolute Gasteiger partial charge is 0.377 e. The molecule has 0 saturated carbocycles. The molecule has 92 valence electrons. The van der Waals surface area contributed by atoms with Crippen molar-refractivity contribution in [3.8, 4) is 0 Å². The minimum atomic E-state index is 0.613. The Morgan fingerprint density at radius 3 is 2.89 bits per heavy atom. The average Bonchev–Trinajstić information content (AvgIpc) is 2.94. The Morgan fingerprint density at radius 1 is 1.22 bits per heavy atom. The van der Waals surface area contributed by atoms with Gasteiger partial charge in [-0.3, -0.25) is 0 Å². The minimum absolute atomic E-state index is 0.613. The van der Waals surface area contributed by atoms with Crippen molar-refractivity contribution in [1.82, 2.24) is 9.36 Å². The van der Waals surface area contributed by atoms with Crippen molar-refractivity contribution in [2.45, 2.75) is 6.54 Å². The summed E-state index contributed by atoms with van der Waals surface area (Å²) >= 11 is 14.9. The lowest BCUT2D eigenvalue weighted by Gasteiger charge is -2.06. The van der Waals surface area contributed by atoms with Gasteiger partial charge in [0.2, 0.25) is 0 Å². The lowest BCUT2D eigenvalue weighted by Crippen LogP contribution is -1.99. The topological polar surface area (TPSA) is 37.8 Å². The van der Waals surface area contributed by atoms with E-state index >= 15 is 0 Å². The van der Waals surface area contributed by atoms with Crippen LogP contribution >= 0.6 is 46.1 Å². The van der Waals surface area contributed by atoms with Crippen LogP contribution in [0.5, 0.6) is 0 Å². The van der Waals surface area contributed by atoms with Gasteiger partial charge in [-0.15, -0.1) is 11.3 Å². The van der Waals surface area contributed by atoms with Gasteiger partial charge in [-0.05, 0) is 23.7 Å². The molecule has 0 fully saturated rings. The molecule has 1 N–H and O–H groups in total. The summed E-state index contributed by atoms with van der Waals surface area (Å²) in [5.41, 5.74) is 0.889. The van der Waals surface area contributed by atoms with Crippen LogP contribution in [0.1, 0.15) is 5.01 Å². The summed E-state index contributed by atoms with van der Waals surface area (Å²) in [5, 5.41) is 5.94. The Bertz CT molecular complexity index is 692. The molecule has 0 bridgehead atoms. The molecule has 2 heterocycles. The first kappa shape index (κ1) is 12.2. The predicted molar refractivity (Wildman–Crippen MR) is 79.1 cm³/mol. The van der Waals surface area contributed by atoms with Crippen LogP contribution in [-0.2, 0) is 6.54 Å². The second kappa shape index (κ2) is 5.01. The Labute approximate surface area is 122 Å². The number of halogens is 2. The minimum Gasteiger partial charge on any atom is -0.377 e. The molecule has 0 aliphatic carbocycles. The summed E-state index contributed by atoms with van der Waals surface area (Å²) in [6, 6.07) is 3.92. The van der Waals surface area contributed by atoms with Gasteiger partial charge in [0.05, 0.1) is 28.2 Å². The summed E-state index contributed by atoms with van der Waals surface area (Å²) in [6.07, 6.45) is 3.47. The van der Waals surface area contributed by atoms with E-state index in [4.69, 9.17) is 23.2 Å². The van der Waals surface area contributed by atoms with Gasteiger partial charge in [-0.1, -0.05) is 23.2 Å². The van der Waals surface area contributed by atoms with Crippen LogP contribution in [0.15, 0.2) is 24.5 Å². The highest BCUT2D eigenvalue weighted by atomic mass is 35.5. The zero-order valence-electron chi connectivity index (χ0n) is 8.98. The fourth-order valence-corrected chi connectivity index (χ4v) is 3.37. The number of anilines is 1. The zero-order valence-corrected chi connectivity index (χ0v) is 12.1. The van der Waals surface area contributed by atoms with Crippen molar-refractivity contribution >= 4 is 61.8 Å². The molecule has 3 aromatic rings. The number of benzene rings is 1. The molecule has 7 heteroatoms. The second-order valence-electron chi connectivity index (χ2n) is 3.61. The molecular weight excluding hydrogens is 309 g/mol. The Kier molecular flexibility index (Phi) is 3.39. The van der Waals surface area contributed by atoms with Crippen molar-refractivity contribution < 1.29 is 0 Å². The van der Waals surface area contributed by atoms with Crippen molar-refractivity contribution in [2.75, 3.05) is 5.32 Å². The van der Waals surface area contributed by atoms with Crippen LogP contribution in [0.3, 0.4) is 0 Å². The van der Waals surface area contributed by atoms with E-state index in [2.05, 4.69) is 14.7 Å². The van der Waals surface area contributed by atoms with Crippen molar-refractivity contribution in [1.29, 1.82) is 0 Å². The standard InChI is InChI=1S/C11H7Cl2N3S2/c12-7-1-6-3-16-18-9(6)2-8(7)14-5-11-15-4-10(13)17-11/h1-4,14H,5H2. The Morgan fingerprint density at radius 2 is 2.11 bits per heavy atom. The van der Waals surface area contributed by atoms with Crippen molar-refractivity contribution in [3.63, 3.8) is 0 Å². The third-order valence-corrected chi connectivity index (χ3v) is 4.59. The number of rotatable bonds is 3. The highest BCUT2D eigenvalue weighted by molar-refractivity contribution is 7.15. The third-order valence-electron chi connectivity index (χ3n) is 2.40. The molecule has 0 atom stereocenters. The Hall–Kier alpha value is -0.880. The van der Waals surface area contributed by atoms with Gasteiger partial charge >= 0.3 is 0 Å². The average molecular weight is 316 g/mol. The van der Waals surface area contributed by atoms with Gasteiger partial charge in [-0.25, -0.2) is 4.98 Å². The molecule has 0 aliphatic heterocycles. The summed E-state index contributed by atoms with van der Waals surface area (Å²) in [4.78, 5) is 4.18. The molecule has 0 saturated heterocycles. The van der Waals surface area contributed by atoms with E-state index < -0.39 is 0 Å². The first-order valence-corrected chi connectivity index (χ1v) is 7.45. The molecule has 3 rings (SSSR count). The first-order valence-electron chi connectivity index (χ1n) is 5.10. The molecule has 0 aliphatic rings. The van der Waals surface area contributed by atoms with E-state index in [1.54, 1.807) is 6.20 Å². The fraction of sp³-hybridized carbons (Fsp3) is 0.0909. The van der Waals surface area contributed by atoms with Gasteiger partial charge in [0, 0.05) is 11.6 Å². The van der Waals surface area contributed by atoms with Crippen LogP contribution in [-0.4, -0.2) is 9.36 Å². The van der Waals surface area contributed by atoms with Crippen LogP contribution in [0.2, 0.25) is 9.36 Å². The highest BCUT2D eigenvalue weighted by Gasteiger charge is 2.06. The van der Waals surface area contributed by atoms with Gasteiger partial charge in [0.1, 0.15) is 9.34 Å². The molecule has 0 amide bonds. The molecule has 0 unspecified atom stereocenters. The van der Waals surface area contributed by atoms with Crippen LogP contribution in [0.25, 0.3) is 10.1 Å². The predicted octanol–water partition coefficient (Wildman–Crippen LogP) is 4.67. The number of nitrogens with one attached hydrogen (secondary N) is 1. The fourth-order valence-electron chi connectivity index (χ4n) is 1.56. The molecule has 0 spiro atoms. The molecular formula is C11H7Cl2N3S2. The van der Waals surface area contributed by atoms with E-state index in [1.165, 1.54) is 22.9 Å². The number of hydrogen-bond acceptors (Lipinski definition) is 5. The number of aromatic nitrogens is 2. The quantitative estimate of drug-likeness (QED) is 0.763. The SMILES string of the molecule is Clc1cnc(CNc2cc3sncc3cc2Cl)s1. The van der Waals surface area contributed by atoms with Gasteiger partial charge < -0.3 is 5.32 Å². The summed E-state index contributed by atoms with van der Waals surface area (Å²) < 4.78 is 5.93. The van der Waals surface area contributed by atoms with E-state index in [-0.39, 0.29) is 0 Å². The normalized spacial score (nSPS) is 11.0. The second-order valence-corrected chi connectivity index (χ2v) is 6.59. The van der Waals surface area contributed by atoms with Crippen LogP contribution in [0.4, 0.5) is 5.69 Å². The maximum atomic E-state index is 6.20. The van der Waals surface area contributed by atoms with Gasteiger partial charge in [-0.2, -0.15) is 4.37 Å². The van der Waals surface area contributed by atoms with Gasteiger partial charge in [0.15, 0.2) is 0 Å². The maximum absolute atomic E-state index is 6.20. The molecule has 1 aromatic carbocycles. The Balaban J connectivity index is 1.83. The highest BCUT2D eigenvalue weighted by Crippen LogP contribution is 2.30. The number of hydrogen-bond donors (Lipinski definition) is 1. The molecule has 3 nitrogen and oxygen atoms in total. The summed E-state index contributed by atoms with van der Waals surface area (Å²) in [7, 11) is 0. The number of nitrogens with zero attached hydrogens (tertiary/aromatic N) is 2. The number of fused-ring (bicyclic) bond motifs is 1. The van der Waals surface area contributed by atoms with Crippen molar-refractivity contribution in [2.24, 2.45) is 0 Å². The van der Waals surface area contributed by atoms with Gasteiger partial charge in [0.25, 0.3) is 0 Å². The maximum Gasteiger partial charge on any atom is 0.113 e. The van der Waals surface area contributed by atoms with E-state index in [0.29, 0.717) is 15.9 Å². The van der Waals surface area contributed by atoms with Crippen LogP contribution in [0, 0.1) is 0 Å². The number of thiazole rings is 1. The smallest absolute Gasteiger partial charge is 0.113 e. The third kappa shape index (κ3) is 2.44. The van der Waals surface area contributed by atoms with E-state index in [1.807, 2.05) is 18.3 Å². The van der Waals surface area contributed by atoms with E-state index in [0.717, 1.165) is 20.8 Å². The summed E-state index contributed by atoms with van der Waals surface area (Å²) in [6.45, 7) is 0.613. The zero-order chi connectivity index (χ0) is 12.5. The molecule has 0 radical (unpaired) electrons. The van der Waals surface area contributed by atoms with Crippen molar-refractivity contribution in [3.05, 3.63) is 38.9 Å². The summed E-state index contributed by atoms with van der Waals surface area (Å²) in [5.74, 6) is 0. The molecule has 2 aromatic heterocycles. The van der Waals surface area contributed by atoms with Crippen LogP contribution < -0.4 is 5.32 Å². The van der Waals surface area contributed by atoms with E-state index in [9.17, 15) is 0 Å². The lowest BCUT2D eigenvalue weighted by molar-refractivity contribution is 1.10. The molecule has 18 heavy (non-hydrogen) atoms. The first-order chi connectivity index (χ1) is 8.72. The lowest BCUT2D eigenvalue weighted by atomic mass is 10.2.